The van der Waals surface area contributed by atoms with Gasteiger partial charge in [-0.15, -0.1) is 0 Å². The first-order chi connectivity index (χ1) is 8.93. The van der Waals surface area contributed by atoms with Gasteiger partial charge >= 0.3 is 0 Å². The van der Waals surface area contributed by atoms with Crippen LogP contribution in [-0.2, 0) is 0 Å². The summed E-state index contributed by atoms with van der Waals surface area (Å²) in [4.78, 5) is 2.50. The van der Waals surface area contributed by atoms with Crippen molar-refractivity contribution in [2.75, 3.05) is 13.1 Å². The minimum atomic E-state index is 0.155. The quantitative estimate of drug-likeness (QED) is 0.837. The molecule has 0 saturated carbocycles. The van der Waals surface area contributed by atoms with E-state index in [9.17, 15) is 0 Å². The van der Waals surface area contributed by atoms with Crippen LogP contribution in [0.4, 0.5) is 0 Å². The Kier molecular flexibility index (Phi) is 5.15. The average Bonchev–Trinajstić information content (AvgIpc) is 2.66. The maximum Gasteiger partial charge on any atom is 0.183 e. The van der Waals surface area contributed by atoms with Crippen LogP contribution in [-0.4, -0.2) is 24.0 Å². The van der Waals surface area contributed by atoms with Crippen molar-refractivity contribution < 1.29 is 4.42 Å². The van der Waals surface area contributed by atoms with Gasteiger partial charge in [0.25, 0.3) is 0 Å². The molecule has 0 radical (unpaired) electrons. The first-order valence-corrected chi connectivity index (χ1v) is 8.43. The van der Waals surface area contributed by atoms with E-state index in [2.05, 4.69) is 57.5 Å². The van der Waals surface area contributed by atoms with Crippen LogP contribution in [0.5, 0.6) is 0 Å². The Labute approximate surface area is 132 Å². The second-order valence-corrected chi connectivity index (χ2v) is 7.35. The van der Waals surface area contributed by atoms with Crippen LogP contribution in [0, 0.1) is 11.8 Å². The molecule has 1 aliphatic heterocycles. The van der Waals surface area contributed by atoms with Crippen molar-refractivity contribution in [3.63, 3.8) is 0 Å². The Morgan fingerprint density at radius 2 is 2.11 bits per heavy atom. The molecular formula is C14H22Br2N2O. The fourth-order valence-corrected chi connectivity index (χ4v) is 3.72. The van der Waals surface area contributed by atoms with Gasteiger partial charge in [0.1, 0.15) is 5.76 Å². The topological polar surface area (TPSA) is 42.4 Å². The lowest BCUT2D eigenvalue weighted by atomic mass is 9.84. The first-order valence-electron chi connectivity index (χ1n) is 6.84. The molecule has 0 aliphatic carbocycles. The smallest absolute Gasteiger partial charge is 0.183 e. The van der Waals surface area contributed by atoms with Gasteiger partial charge in [0, 0.05) is 19.1 Å². The number of piperidine rings is 1. The van der Waals surface area contributed by atoms with E-state index in [0.717, 1.165) is 21.4 Å². The Morgan fingerprint density at radius 3 is 2.63 bits per heavy atom. The highest BCUT2D eigenvalue weighted by atomic mass is 79.9. The van der Waals surface area contributed by atoms with E-state index in [-0.39, 0.29) is 6.04 Å². The van der Waals surface area contributed by atoms with Gasteiger partial charge in [-0.3, -0.25) is 4.90 Å². The number of hydrogen-bond donors (Lipinski definition) is 1. The Bertz CT molecular complexity index is 416. The van der Waals surface area contributed by atoms with Crippen LogP contribution in [0.25, 0.3) is 0 Å². The minimum absolute atomic E-state index is 0.155. The van der Waals surface area contributed by atoms with E-state index in [0.29, 0.717) is 24.4 Å². The normalized spacial score (nSPS) is 30.5. The molecule has 2 heterocycles. The van der Waals surface area contributed by atoms with Gasteiger partial charge in [0.2, 0.25) is 0 Å². The van der Waals surface area contributed by atoms with E-state index in [1.807, 2.05) is 6.07 Å². The summed E-state index contributed by atoms with van der Waals surface area (Å²) in [5, 5.41) is 0. The number of nitrogens with zero attached hydrogens (tertiary/aromatic N) is 1. The van der Waals surface area contributed by atoms with Crippen LogP contribution in [0.3, 0.4) is 0 Å². The molecular weight excluding hydrogens is 372 g/mol. The van der Waals surface area contributed by atoms with Gasteiger partial charge in [-0.25, -0.2) is 0 Å². The Balaban J connectivity index is 2.25. The van der Waals surface area contributed by atoms with E-state index >= 15 is 0 Å². The molecule has 1 aromatic heterocycles. The lowest BCUT2D eigenvalue weighted by molar-refractivity contribution is 0.0343. The molecule has 4 unspecified atom stereocenters. The Morgan fingerprint density at radius 1 is 1.42 bits per heavy atom. The summed E-state index contributed by atoms with van der Waals surface area (Å²) < 4.78 is 7.48. The van der Waals surface area contributed by atoms with Crippen LogP contribution in [0.1, 0.15) is 39.0 Å². The summed E-state index contributed by atoms with van der Waals surface area (Å²) in [6.07, 6.45) is 1.29. The molecule has 1 fully saturated rings. The van der Waals surface area contributed by atoms with Crippen molar-refractivity contribution >= 4 is 31.9 Å². The molecule has 2 N–H and O–H groups in total. The summed E-state index contributed by atoms with van der Waals surface area (Å²) in [7, 11) is 0. The number of likely N-dealkylation sites (tertiary alicyclic amines) is 1. The number of halogens is 2. The summed E-state index contributed by atoms with van der Waals surface area (Å²) in [6.45, 7) is 8.61. The molecule has 19 heavy (non-hydrogen) atoms. The standard InChI is InChI=1S/C14H22Br2N2O/c1-8-4-9(2)10(3)18(7-8)12(6-17)13-5-11(15)14(16)19-13/h5,8-10,12H,4,6-7,17H2,1-3H3. The van der Waals surface area contributed by atoms with Crippen molar-refractivity contribution in [2.45, 2.75) is 39.3 Å². The number of rotatable bonds is 3. The summed E-state index contributed by atoms with van der Waals surface area (Å²) in [6, 6.07) is 2.72. The average molecular weight is 394 g/mol. The Hall–Kier alpha value is 0.160. The third-order valence-electron chi connectivity index (χ3n) is 4.26. The van der Waals surface area contributed by atoms with Crippen LogP contribution < -0.4 is 5.73 Å². The van der Waals surface area contributed by atoms with Gasteiger partial charge in [-0.05, 0) is 63.1 Å². The molecule has 0 spiro atoms. The van der Waals surface area contributed by atoms with Gasteiger partial charge in [0.15, 0.2) is 4.67 Å². The largest absolute Gasteiger partial charge is 0.451 e. The molecule has 0 amide bonds. The second-order valence-electron chi connectivity index (χ2n) is 5.78. The maximum absolute atomic E-state index is 6.02. The summed E-state index contributed by atoms with van der Waals surface area (Å²) in [5.41, 5.74) is 6.02. The van der Waals surface area contributed by atoms with Gasteiger partial charge in [0.05, 0.1) is 10.5 Å². The molecule has 4 atom stereocenters. The highest BCUT2D eigenvalue weighted by Gasteiger charge is 2.34. The zero-order valence-electron chi connectivity index (χ0n) is 11.7. The summed E-state index contributed by atoms with van der Waals surface area (Å²) >= 11 is 6.88. The fourth-order valence-electron chi connectivity index (χ4n) is 3.11. The van der Waals surface area contributed by atoms with E-state index in [1.54, 1.807) is 0 Å². The first kappa shape index (κ1) is 15.5. The minimum Gasteiger partial charge on any atom is -0.451 e. The summed E-state index contributed by atoms with van der Waals surface area (Å²) in [5.74, 6) is 2.34. The van der Waals surface area contributed by atoms with E-state index in [4.69, 9.17) is 10.2 Å². The molecule has 1 aromatic rings. The van der Waals surface area contributed by atoms with Crippen LogP contribution >= 0.6 is 31.9 Å². The molecule has 2 rings (SSSR count). The second kappa shape index (κ2) is 6.29. The fraction of sp³-hybridized carbons (Fsp3) is 0.714. The highest BCUT2D eigenvalue weighted by Crippen LogP contribution is 2.37. The van der Waals surface area contributed by atoms with Crippen LogP contribution in [0.2, 0.25) is 0 Å². The predicted octanol–water partition coefficient (Wildman–Crippen LogP) is 4.17. The number of nitrogens with two attached hydrogens (primary N) is 1. The lowest BCUT2D eigenvalue weighted by Crippen LogP contribution is -2.49. The zero-order valence-corrected chi connectivity index (χ0v) is 14.9. The third-order valence-corrected chi connectivity index (χ3v) is 5.97. The van der Waals surface area contributed by atoms with Crippen molar-refractivity contribution in [1.82, 2.24) is 4.90 Å². The van der Waals surface area contributed by atoms with Crippen LogP contribution in [0.15, 0.2) is 19.6 Å². The molecule has 1 aliphatic rings. The lowest BCUT2D eigenvalue weighted by Gasteiger charge is -2.44. The zero-order chi connectivity index (χ0) is 14.2. The molecule has 3 nitrogen and oxygen atoms in total. The maximum atomic E-state index is 6.02. The van der Waals surface area contributed by atoms with Gasteiger partial charge < -0.3 is 10.2 Å². The molecule has 5 heteroatoms. The molecule has 0 aromatic carbocycles. The number of hydrogen-bond acceptors (Lipinski definition) is 3. The number of furan rings is 1. The van der Waals surface area contributed by atoms with E-state index in [1.165, 1.54) is 6.42 Å². The van der Waals surface area contributed by atoms with Gasteiger partial charge in [-0.1, -0.05) is 13.8 Å². The predicted molar refractivity (Wildman–Crippen MR) is 85.0 cm³/mol. The molecule has 1 saturated heterocycles. The highest BCUT2D eigenvalue weighted by molar-refractivity contribution is 9.13. The third kappa shape index (κ3) is 3.26. The molecule has 108 valence electrons. The monoisotopic (exact) mass is 392 g/mol. The van der Waals surface area contributed by atoms with Crippen molar-refractivity contribution in [1.29, 1.82) is 0 Å². The van der Waals surface area contributed by atoms with Crippen molar-refractivity contribution in [3.05, 3.63) is 21.0 Å². The SMILES string of the molecule is CC1CC(C)C(C)N(C(CN)c2cc(Br)c(Br)o2)C1. The van der Waals surface area contributed by atoms with Crippen molar-refractivity contribution in [3.8, 4) is 0 Å². The molecule has 0 bridgehead atoms. The van der Waals surface area contributed by atoms with Gasteiger partial charge in [-0.2, -0.15) is 0 Å². The van der Waals surface area contributed by atoms with E-state index < -0.39 is 0 Å². The van der Waals surface area contributed by atoms with Crippen molar-refractivity contribution in [2.24, 2.45) is 17.6 Å².